The highest BCUT2D eigenvalue weighted by Crippen LogP contribution is 2.27. The summed E-state index contributed by atoms with van der Waals surface area (Å²) < 4.78 is 2.02. The van der Waals surface area contributed by atoms with Crippen LogP contribution in [0.1, 0.15) is 57.6 Å². The standard InChI is InChI=1S/C15H28N4/c1-3-11-19-15(14(16)12(2)18-19)17-10-9-13-7-5-4-6-8-13/h13,17H,3-11,16H2,1-2H3. The lowest BCUT2D eigenvalue weighted by molar-refractivity contribution is 0.345. The highest BCUT2D eigenvalue weighted by molar-refractivity contribution is 5.64. The molecular formula is C15H28N4. The van der Waals surface area contributed by atoms with Crippen LogP contribution in [0.3, 0.4) is 0 Å². The molecule has 0 radical (unpaired) electrons. The molecule has 0 spiro atoms. The van der Waals surface area contributed by atoms with Crippen molar-refractivity contribution in [2.75, 3.05) is 17.6 Å². The van der Waals surface area contributed by atoms with Gasteiger partial charge >= 0.3 is 0 Å². The third-order valence-electron chi connectivity index (χ3n) is 4.18. The maximum atomic E-state index is 6.11. The molecule has 0 unspecified atom stereocenters. The van der Waals surface area contributed by atoms with Crippen LogP contribution in [0.2, 0.25) is 0 Å². The minimum atomic E-state index is 0.817. The van der Waals surface area contributed by atoms with E-state index in [0.29, 0.717) is 0 Å². The molecule has 0 atom stereocenters. The molecule has 1 fully saturated rings. The fourth-order valence-electron chi connectivity index (χ4n) is 3.03. The number of hydrogen-bond acceptors (Lipinski definition) is 3. The lowest BCUT2D eigenvalue weighted by atomic mass is 9.87. The Balaban J connectivity index is 1.87. The summed E-state index contributed by atoms with van der Waals surface area (Å²) >= 11 is 0. The van der Waals surface area contributed by atoms with Crippen LogP contribution in [0.25, 0.3) is 0 Å². The molecule has 0 aromatic carbocycles. The van der Waals surface area contributed by atoms with Gasteiger partial charge in [0.15, 0.2) is 0 Å². The van der Waals surface area contributed by atoms with Crippen molar-refractivity contribution in [1.29, 1.82) is 0 Å². The van der Waals surface area contributed by atoms with E-state index in [0.717, 1.165) is 42.6 Å². The zero-order valence-electron chi connectivity index (χ0n) is 12.4. The van der Waals surface area contributed by atoms with E-state index < -0.39 is 0 Å². The lowest BCUT2D eigenvalue weighted by Gasteiger charge is -2.21. The predicted molar refractivity (Wildman–Crippen MR) is 81.3 cm³/mol. The molecule has 1 heterocycles. The van der Waals surface area contributed by atoms with Gasteiger partial charge in [0.2, 0.25) is 0 Å². The maximum absolute atomic E-state index is 6.11. The van der Waals surface area contributed by atoms with Crippen molar-refractivity contribution < 1.29 is 0 Å². The van der Waals surface area contributed by atoms with Crippen molar-refractivity contribution in [2.45, 2.75) is 65.3 Å². The topological polar surface area (TPSA) is 55.9 Å². The van der Waals surface area contributed by atoms with Crippen LogP contribution in [0, 0.1) is 12.8 Å². The summed E-state index contributed by atoms with van der Waals surface area (Å²) in [5, 5.41) is 8.00. The lowest BCUT2D eigenvalue weighted by Crippen LogP contribution is -2.15. The van der Waals surface area contributed by atoms with Crippen LogP contribution in [0.5, 0.6) is 0 Å². The van der Waals surface area contributed by atoms with Gasteiger partial charge in [-0.15, -0.1) is 0 Å². The van der Waals surface area contributed by atoms with Crippen molar-refractivity contribution >= 4 is 11.5 Å². The fourth-order valence-corrected chi connectivity index (χ4v) is 3.03. The quantitative estimate of drug-likeness (QED) is 0.826. The zero-order chi connectivity index (χ0) is 13.7. The first-order valence-corrected chi connectivity index (χ1v) is 7.79. The molecule has 1 aromatic rings. The average molecular weight is 264 g/mol. The van der Waals surface area contributed by atoms with Crippen LogP contribution >= 0.6 is 0 Å². The number of rotatable bonds is 6. The molecule has 19 heavy (non-hydrogen) atoms. The second-order valence-corrected chi connectivity index (χ2v) is 5.79. The highest BCUT2D eigenvalue weighted by atomic mass is 15.3. The van der Waals surface area contributed by atoms with E-state index in [1.54, 1.807) is 0 Å². The highest BCUT2D eigenvalue weighted by Gasteiger charge is 2.15. The van der Waals surface area contributed by atoms with Crippen molar-refractivity contribution in [3.05, 3.63) is 5.69 Å². The summed E-state index contributed by atoms with van der Waals surface area (Å²) in [6, 6.07) is 0. The van der Waals surface area contributed by atoms with Crippen LogP contribution in [0.4, 0.5) is 11.5 Å². The third kappa shape index (κ3) is 3.64. The molecular weight excluding hydrogens is 236 g/mol. The molecule has 3 N–H and O–H groups in total. The van der Waals surface area contributed by atoms with E-state index in [9.17, 15) is 0 Å². The molecule has 2 rings (SSSR count). The van der Waals surface area contributed by atoms with Gasteiger partial charge in [-0.3, -0.25) is 0 Å². The third-order valence-corrected chi connectivity index (χ3v) is 4.18. The van der Waals surface area contributed by atoms with E-state index in [-0.39, 0.29) is 0 Å². The Morgan fingerprint density at radius 3 is 2.74 bits per heavy atom. The summed E-state index contributed by atoms with van der Waals surface area (Å²) in [5.74, 6) is 1.93. The van der Waals surface area contributed by atoms with Gasteiger partial charge in [0.1, 0.15) is 5.82 Å². The number of aromatic nitrogens is 2. The summed E-state index contributed by atoms with van der Waals surface area (Å²) in [6.07, 6.45) is 9.42. The molecule has 1 saturated carbocycles. The number of aryl methyl sites for hydroxylation is 2. The molecule has 0 bridgehead atoms. The van der Waals surface area contributed by atoms with Gasteiger partial charge in [0.05, 0.1) is 11.4 Å². The number of anilines is 2. The van der Waals surface area contributed by atoms with Crippen molar-refractivity contribution in [3.8, 4) is 0 Å². The average Bonchev–Trinajstić information content (AvgIpc) is 2.68. The zero-order valence-corrected chi connectivity index (χ0v) is 12.4. The molecule has 4 nitrogen and oxygen atoms in total. The Bertz CT molecular complexity index is 391. The number of nitrogens with two attached hydrogens (primary N) is 1. The summed E-state index contributed by atoms with van der Waals surface area (Å²) in [6.45, 7) is 6.10. The second-order valence-electron chi connectivity index (χ2n) is 5.79. The van der Waals surface area contributed by atoms with Crippen molar-refractivity contribution in [2.24, 2.45) is 5.92 Å². The smallest absolute Gasteiger partial charge is 0.148 e. The van der Waals surface area contributed by atoms with E-state index in [1.807, 2.05) is 11.6 Å². The fraction of sp³-hybridized carbons (Fsp3) is 0.800. The molecule has 0 aliphatic heterocycles. The molecule has 0 amide bonds. The maximum Gasteiger partial charge on any atom is 0.148 e. The van der Waals surface area contributed by atoms with Gasteiger partial charge in [-0.25, -0.2) is 4.68 Å². The first-order chi connectivity index (χ1) is 9.22. The summed E-state index contributed by atoms with van der Waals surface area (Å²) in [4.78, 5) is 0. The second kappa shape index (κ2) is 6.83. The minimum Gasteiger partial charge on any atom is -0.394 e. The number of hydrogen-bond donors (Lipinski definition) is 2. The summed E-state index contributed by atoms with van der Waals surface area (Å²) in [5.41, 5.74) is 7.86. The molecule has 108 valence electrons. The Hall–Kier alpha value is -1.19. The van der Waals surface area contributed by atoms with Gasteiger partial charge in [0.25, 0.3) is 0 Å². The van der Waals surface area contributed by atoms with Gasteiger partial charge in [-0.05, 0) is 25.7 Å². The number of nitrogens with one attached hydrogen (secondary N) is 1. The van der Waals surface area contributed by atoms with Gasteiger partial charge in [-0.2, -0.15) is 5.10 Å². The molecule has 1 aliphatic rings. The van der Waals surface area contributed by atoms with E-state index in [1.165, 1.54) is 38.5 Å². The Kier molecular flexibility index (Phi) is 5.11. The van der Waals surface area contributed by atoms with Gasteiger partial charge in [-0.1, -0.05) is 39.0 Å². The van der Waals surface area contributed by atoms with Crippen molar-refractivity contribution in [1.82, 2.24) is 9.78 Å². The Morgan fingerprint density at radius 1 is 1.32 bits per heavy atom. The SMILES string of the molecule is CCCn1nc(C)c(N)c1NCCC1CCCCC1. The molecule has 0 saturated heterocycles. The first-order valence-electron chi connectivity index (χ1n) is 7.79. The number of nitrogen functional groups attached to an aromatic ring is 1. The molecule has 1 aromatic heterocycles. The van der Waals surface area contributed by atoms with Crippen LogP contribution in [0.15, 0.2) is 0 Å². The van der Waals surface area contributed by atoms with Gasteiger partial charge in [0, 0.05) is 13.1 Å². The molecule has 1 aliphatic carbocycles. The molecule has 4 heteroatoms. The number of nitrogens with zero attached hydrogens (tertiary/aromatic N) is 2. The Morgan fingerprint density at radius 2 is 2.05 bits per heavy atom. The largest absolute Gasteiger partial charge is 0.394 e. The first kappa shape index (κ1) is 14.2. The Labute approximate surface area is 116 Å². The minimum absolute atomic E-state index is 0.817. The monoisotopic (exact) mass is 264 g/mol. The van der Waals surface area contributed by atoms with E-state index in [2.05, 4.69) is 17.3 Å². The summed E-state index contributed by atoms with van der Waals surface area (Å²) in [7, 11) is 0. The van der Waals surface area contributed by atoms with Gasteiger partial charge < -0.3 is 11.1 Å². The van der Waals surface area contributed by atoms with Crippen molar-refractivity contribution in [3.63, 3.8) is 0 Å². The predicted octanol–water partition coefficient (Wildman–Crippen LogP) is 3.57. The van der Waals surface area contributed by atoms with Crippen LogP contribution < -0.4 is 11.1 Å². The van der Waals surface area contributed by atoms with E-state index in [4.69, 9.17) is 5.73 Å². The normalized spacial score (nSPS) is 16.7. The van der Waals surface area contributed by atoms with E-state index >= 15 is 0 Å². The van der Waals surface area contributed by atoms with Crippen LogP contribution in [-0.2, 0) is 6.54 Å². The van der Waals surface area contributed by atoms with Crippen LogP contribution in [-0.4, -0.2) is 16.3 Å².